The molecule has 1 heterocycles. The van der Waals surface area contributed by atoms with Crippen molar-refractivity contribution in [3.8, 4) is 0 Å². The highest BCUT2D eigenvalue weighted by atomic mass is 19.1. The number of benzene rings is 1. The molecule has 1 aromatic carbocycles. The van der Waals surface area contributed by atoms with Crippen LogP contribution in [0.4, 0.5) is 10.1 Å². The fraction of sp³-hybridized carbons (Fsp3) is 0.500. The molecular weight excluding hydrogens is 343 g/mol. The number of carboxylic acid groups (broad SMARTS) is 1. The van der Waals surface area contributed by atoms with E-state index in [1.54, 1.807) is 0 Å². The third kappa shape index (κ3) is 4.57. The number of rotatable bonds is 5. The number of likely N-dealkylation sites (tertiary alicyclic amines) is 1. The van der Waals surface area contributed by atoms with Crippen molar-refractivity contribution in [2.45, 2.75) is 38.7 Å². The summed E-state index contributed by atoms with van der Waals surface area (Å²) >= 11 is 0. The largest absolute Gasteiger partial charge is 0.479 e. The molecule has 0 unspecified atom stereocenters. The highest BCUT2D eigenvalue weighted by molar-refractivity contribution is 5.96. The first-order chi connectivity index (χ1) is 12.1. The number of carboxylic acids is 1. The molecule has 1 saturated heterocycles. The van der Waals surface area contributed by atoms with Crippen LogP contribution in [0.5, 0.6) is 0 Å². The van der Waals surface area contributed by atoms with E-state index in [1.807, 2.05) is 13.8 Å². The van der Waals surface area contributed by atoms with E-state index in [4.69, 9.17) is 5.11 Å². The van der Waals surface area contributed by atoms with E-state index >= 15 is 0 Å². The quantitative estimate of drug-likeness (QED) is 0.737. The lowest BCUT2D eigenvalue weighted by Gasteiger charge is -2.35. The van der Waals surface area contributed by atoms with E-state index in [-0.39, 0.29) is 55.4 Å². The fourth-order valence-electron chi connectivity index (χ4n) is 2.80. The van der Waals surface area contributed by atoms with Crippen LogP contribution >= 0.6 is 0 Å². The third-order valence-corrected chi connectivity index (χ3v) is 4.36. The SMILES string of the molecule is CC(C)CC(=O)Nc1ccc(C(=O)N2CCC(O)(C(=O)O)CC2)cc1F. The summed E-state index contributed by atoms with van der Waals surface area (Å²) in [5.74, 6) is -2.63. The molecule has 7 nitrogen and oxygen atoms in total. The maximum Gasteiger partial charge on any atom is 0.335 e. The van der Waals surface area contributed by atoms with Crippen molar-refractivity contribution in [2.24, 2.45) is 5.92 Å². The molecule has 2 rings (SSSR count). The van der Waals surface area contributed by atoms with Gasteiger partial charge in [-0.1, -0.05) is 13.8 Å². The average Bonchev–Trinajstić information content (AvgIpc) is 2.56. The number of carbonyl (C=O) groups excluding carboxylic acids is 2. The van der Waals surface area contributed by atoms with Crippen molar-refractivity contribution in [1.29, 1.82) is 0 Å². The zero-order valence-corrected chi connectivity index (χ0v) is 14.8. The number of hydrogen-bond donors (Lipinski definition) is 3. The summed E-state index contributed by atoms with van der Waals surface area (Å²) < 4.78 is 14.2. The van der Waals surface area contributed by atoms with Crippen LogP contribution in [0.3, 0.4) is 0 Å². The first-order valence-corrected chi connectivity index (χ1v) is 8.47. The number of aliphatic hydroxyl groups is 1. The van der Waals surface area contributed by atoms with Crippen LogP contribution < -0.4 is 5.32 Å². The van der Waals surface area contributed by atoms with Gasteiger partial charge in [-0.3, -0.25) is 9.59 Å². The molecule has 26 heavy (non-hydrogen) atoms. The van der Waals surface area contributed by atoms with Crippen LogP contribution in [0.2, 0.25) is 0 Å². The summed E-state index contributed by atoms with van der Waals surface area (Å²) in [5, 5.41) is 21.4. The summed E-state index contributed by atoms with van der Waals surface area (Å²) in [6, 6.07) is 3.79. The maximum absolute atomic E-state index is 14.2. The number of hydrogen-bond acceptors (Lipinski definition) is 4. The van der Waals surface area contributed by atoms with Crippen molar-refractivity contribution >= 4 is 23.5 Å². The van der Waals surface area contributed by atoms with E-state index in [9.17, 15) is 23.9 Å². The number of nitrogens with zero attached hydrogens (tertiary/aromatic N) is 1. The molecule has 142 valence electrons. The Morgan fingerprint density at radius 3 is 2.38 bits per heavy atom. The van der Waals surface area contributed by atoms with Crippen LogP contribution in [-0.4, -0.2) is 51.6 Å². The van der Waals surface area contributed by atoms with E-state index in [0.717, 1.165) is 6.07 Å². The normalized spacial score (nSPS) is 16.4. The van der Waals surface area contributed by atoms with Gasteiger partial charge in [0.25, 0.3) is 5.91 Å². The van der Waals surface area contributed by atoms with E-state index in [1.165, 1.54) is 17.0 Å². The van der Waals surface area contributed by atoms with Crippen LogP contribution in [0.25, 0.3) is 0 Å². The Labute approximate surface area is 150 Å². The van der Waals surface area contributed by atoms with Gasteiger partial charge in [0.1, 0.15) is 5.82 Å². The molecule has 8 heteroatoms. The monoisotopic (exact) mass is 366 g/mol. The standard InChI is InChI=1S/C18H23FN2O5/c1-11(2)9-15(22)20-14-4-3-12(10-13(14)19)16(23)21-7-5-18(26,6-8-21)17(24)25/h3-4,10-11,26H,5-9H2,1-2H3,(H,20,22)(H,24,25). The summed E-state index contributed by atoms with van der Waals surface area (Å²) in [7, 11) is 0. The smallest absolute Gasteiger partial charge is 0.335 e. The van der Waals surface area contributed by atoms with Gasteiger partial charge in [0.05, 0.1) is 5.69 Å². The number of carbonyl (C=O) groups is 3. The van der Waals surface area contributed by atoms with Gasteiger partial charge in [-0.05, 0) is 24.1 Å². The van der Waals surface area contributed by atoms with Gasteiger partial charge < -0.3 is 20.4 Å². The van der Waals surface area contributed by atoms with E-state index < -0.39 is 23.3 Å². The third-order valence-electron chi connectivity index (χ3n) is 4.36. The van der Waals surface area contributed by atoms with Crippen LogP contribution in [0.1, 0.15) is 43.5 Å². The molecule has 0 spiro atoms. The molecule has 0 aliphatic carbocycles. The second-order valence-corrected chi connectivity index (χ2v) is 6.97. The van der Waals surface area contributed by atoms with Gasteiger partial charge in [0.2, 0.25) is 5.91 Å². The molecule has 2 amide bonds. The van der Waals surface area contributed by atoms with Crippen LogP contribution in [0.15, 0.2) is 18.2 Å². The first kappa shape index (κ1) is 19.8. The predicted octanol–water partition coefficient (Wildman–Crippen LogP) is 1.86. The van der Waals surface area contributed by atoms with Gasteiger partial charge in [0.15, 0.2) is 5.60 Å². The maximum atomic E-state index is 14.2. The van der Waals surface area contributed by atoms with Gasteiger partial charge in [-0.25, -0.2) is 9.18 Å². The van der Waals surface area contributed by atoms with E-state index in [0.29, 0.717) is 0 Å². The molecule has 0 aromatic heterocycles. The molecule has 3 N–H and O–H groups in total. The lowest BCUT2D eigenvalue weighted by Crippen LogP contribution is -2.50. The van der Waals surface area contributed by atoms with Crippen molar-refractivity contribution in [3.63, 3.8) is 0 Å². The molecule has 1 aromatic rings. The molecule has 1 aliphatic heterocycles. The number of aliphatic carboxylic acids is 1. The van der Waals surface area contributed by atoms with Crippen molar-refractivity contribution in [2.75, 3.05) is 18.4 Å². The highest BCUT2D eigenvalue weighted by Gasteiger charge is 2.40. The number of halogens is 1. The van der Waals surface area contributed by atoms with Crippen molar-refractivity contribution in [3.05, 3.63) is 29.6 Å². The summed E-state index contributed by atoms with van der Waals surface area (Å²) in [4.78, 5) is 36.6. The zero-order valence-electron chi connectivity index (χ0n) is 14.8. The second-order valence-electron chi connectivity index (χ2n) is 6.97. The molecule has 0 bridgehead atoms. The minimum Gasteiger partial charge on any atom is -0.479 e. The van der Waals surface area contributed by atoms with Gasteiger partial charge >= 0.3 is 5.97 Å². The van der Waals surface area contributed by atoms with Crippen LogP contribution in [-0.2, 0) is 9.59 Å². The molecule has 0 atom stereocenters. The second kappa shape index (κ2) is 7.82. The minimum absolute atomic E-state index is 0.00564. The lowest BCUT2D eigenvalue weighted by molar-refractivity contribution is -0.162. The van der Waals surface area contributed by atoms with Gasteiger partial charge in [0, 0.05) is 37.9 Å². The van der Waals surface area contributed by atoms with Gasteiger partial charge in [-0.2, -0.15) is 0 Å². The average molecular weight is 366 g/mol. The van der Waals surface area contributed by atoms with Gasteiger partial charge in [-0.15, -0.1) is 0 Å². The Hall–Kier alpha value is -2.48. The molecular formula is C18H23FN2O5. The van der Waals surface area contributed by atoms with E-state index in [2.05, 4.69) is 5.32 Å². The minimum atomic E-state index is -1.83. The predicted molar refractivity (Wildman–Crippen MR) is 92.2 cm³/mol. The zero-order chi connectivity index (χ0) is 19.5. The Morgan fingerprint density at radius 1 is 1.27 bits per heavy atom. The van der Waals surface area contributed by atoms with Crippen LogP contribution in [0, 0.1) is 11.7 Å². The number of nitrogens with one attached hydrogen (secondary N) is 1. The molecule has 1 aliphatic rings. The Morgan fingerprint density at radius 2 is 1.88 bits per heavy atom. The Kier molecular flexibility index (Phi) is 5.97. The number of piperidine rings is 1. The highest BCUT2D eigenvalue weighted by Crippen LogP contribution is 2.24. The molecule has 0 radical (unpaired) electrons. The summed E-state index contributed by atoms with van der Waals surface area (Å²) in [5.41, 5.74) is -1.72. The molecule has 0 saturated carbocycles. The first-order valence-electron chi connectivity index (χ1n) is 8.47. The Bertz CT molecular complexity index is 712. The fourth-order valence-corrected chi connectivity index (χ4v) is 2.80. The lowest BCUT2D eigenvalue weighted by atomic mass is 9.91. The van der Waals surface area contributed by atoms with Crippen molar-refractivity contribution in [1.82, 2.24) is 4.90 Å². The molecule has 1 fully saturated rings. The number of anilines is 1. The summed E-state index contributed by atoms with van der Waals surface area (Å²) in [6.07, 6.45) is 0.0974. The topological polar surface area (TPSA) is 107 Å². The van der Waals surface area contributed by atoms with Crippen molar-refractivity contribution < 1.29 is 29.0 Å². The summed E-state index contributed by atoms with van der Waals surface area (Å²) in [6.45, 7) is 3.88. The number of amides is 2. The Balaban J connectivity index is 2.03.